The Morgan fingerprint density at radius 3 is 1.79 bits per heavy atom. The van der Waals surface area contributed by atoms with E-state index in [1.165, 1.54) is 102 Å². The molecule has 0 spiro atoms. The highest BCUT2D eigenvalue weighted by molar-refractivity contribution is 5.15. The van der Waals surface area contributed by atoms with Gasteiger partial charge in [-0.25, -0.2) is 0 Å². The molecular formula is C27H46N2. The van der Waals surface area contributed by atoms with E-state index in [2.05, 4.69) is 66.4 Å². The maximum atomic E-state index is 2.59. The van der Waals surface area contributed by atoms with Crippen molar-refractivity contribution in [3.63, 3.8) is 0 Å². The Kier molecular flexibility index (Phi) is 12.7. The van der Waals surface area contributed by atoms with Crippen molar-refractivity contribution in [3.8, 4) is 0 Å². The molecule has 0 bridgehead atoms. The highest BCUT2D eigenvalue weighted by Gasteiger charge is 2.25. The minimum absolute atomic E-state index is 0.556. The van der Waals surface area contributed by atoms with Crippen LogP contribution in [0.4, 0.5) is 0 Å². The van der Waals surface area contributed by atoms with Crippen molar-refractivity contribution in [1.82, 2.24) is 9.80 Å². The third-order valence-electron chi connectivity index (χ3n) is 6.26. The van der Waals surface area contributed by atoms with Crippen molar-refractivity contribution in [2.75, 3.05) is 6.54 Å². The van der Waals surface area contributed by atoms with E-state index >= 15 is 0 Å². The lowest BCUT2D eigenvalue weighted by molar-refractivity contribution is 0.132. The molecular weight excluding hydrogens is 352 g/mol. The zero-order valence-corrected chi connectivity index (χ0v) is 19.3. The molecule has 0 fully saturated rings. The molecule has 2 nitrogen and oxygen atoms in total. The molecule has 0 amide bonds. The Morgan fingerprint density at radius 2 is 1.17 bits per heavy atom. The molecule has 1 aromatic carbocycles. The zero-order valence-electron chi connectivity index (χ0n) is 19.3. The molecule has 1 unspecified atom stereocenters. The van der Waals surface area contributed by atoms with E-state index in [0.717, 1.165) is 6.54 Å². The molecule has 1 aliphatic heterocycles. The second-order valence-corrected chi connectivity index (χ2v) is 8.85. The van der Waals surface area contributed by atoms with Gasteiger partial charge in [-0.1, -0.05) is 115 Å². The molecule has 1 aromatic rings. The van der Waals surface area contributed by atoms with E-state index in [-0.39, 0.29) is 0 Å². The summed E-state index contributed by atoms with van der Waals surface area (Å²) in [6, 6.07) is 10.9. The van der Waals surface area contributed by atoms with E-state index in [0.29, 0.717) is 6.17 Å². The van der Waals surface area contributed by atoms with Crippen LogP contribution in [-0.2, 0) is 6.54 Å². The summed E-state index contributed by atoms with van der Waals surface area (Å²) in [6.07, 6.45) is 24.7. The molecule has 2 rings (SSSR count). The molecule has 1 heterocycles. The molecule has 2 heteroatoms. The molecule has 0 radical (unpaired) electrons. The van der Waals surface area contributed by atoms with E-state index in [1.54, 1.807) is 0 Å². The molecule has 1 aliphatic rings. The fourth-order valence-corrected chi connectivity index (χ4v) is 4.40. The second-order valence-electron chi connectivity index (χ2n) is 8.85. The monoisotopic (exact) mass is 398 g/mol. The summed E-state index contributed by atoms with van der Waals surface area (Å²) in [6.45, 7) is 6.82. The minimum atomic E-state index is 0.556. The number of nitrogens with zero attached hydrogens (tertiary/aromatic N) is 2. The van der Waals surface area contributed by atoms with Crippen LogP contribution in [0, 0.1) is 0 Å². The number of hydrogen-bond acceptors (Lipinski definition) is 2. The van der Waals surface area contributed by atoms with Gasteiger partial charge in [-0.2, -0.15) is 0 Å². The SMILES string of the molecule is CCCCCCCCCCCCCC1N(CCCC)C=CN1Cc1ccccc1. The van der Waals surface area contributed by atoms with Crippen LogP contribution in [0.25, 0.3) is 0 Å². The van der Waals surface area contributed by atoms with Crippen molar-refractivity contribution in [3.05, 3.63) is 48.3 Å². The Labute approximate surface area is 181 Å². The highest BCUT2D eigenvalue weighted by Crippen LogP contribution is 2.24. The average molecular weight is 399 g/mol. The maximum Gasteiger partial charge on any atom is 0.101 e. The fraction of sp³-hybridized carbons (Fsp3) is 0.704. The summed E-state index contributed by atoms with van der Waals surface area (Å²) in [5.74, 6) is 0. The average Bonchev–Trinajstić information content (AvgIpc) is 3.12. The summed E-state index contributed by atoms with van der Waals surface area (Å²) >= 11 is 0. The predicted octanol–water partition coefficient (Wildman–Crippen LogP) is 8.10. The van der Waals surface area contributed by atoms with Gasteiger partial charge in [0.2, 0.25) is 0 Å². The maximum absolute atomic E-state index is 2.59. The van der Waals surface area contributed by atoms with Crippen LogP contribution < -0.4 is 0 Å². The first kappa shape index (κ1) is 23.8. The van der Waals surface area contributed by atoms with Gasteiger partial charge in [0.15, 0.2) is 0 Å². The van der Waals surface area contributed by atoms with Gasteiger partial charge in [-0.3, -0.25) is 0 Å². The molecule has 0 saturated heterocycles. The van der Waals surface area contributed by atoms with E-state index in [9.17, 15) is 0 Å². The topological polar surface area (TPSA) is 6.48 Å². The normalized spacial score (nSPS) is 16.1. The van der Waals surface area contributed by atoms with Crippen LogP contribution in [0.3, 0.4) is 0 Å². The number of rotatable bonds is 17. The number of benzene rings is 1. The Morgan fingerprint density at radius 1 is 0.621 bits per heavy atom. The van der Waals surface area contributed by atoms with Gasteiger partial charge in [0.05, 0.1) is 0 Å². The smallest absolute Gasteiger partial charge is 0.101 e. The minimum Gasteiger partial charge on any atom is -0.356 e. The lowest BCUT2D eigenvalue weighted by Gasteiger charge is -2.33. The van der Waals surface area contributed by atoms with Crippen molar-refractivity contribution in [2.24, 2.45) is 0 Å². The molecule has 0 aromatic heterocycles. The lowest BCUT2D eigenvalue weighted by Crippen LogP contribution is -2.38. The van der Waals surface area contributed by atoms with Gasteiger partial charge in [0, 0.05) is 25.5 Å². The zero-order chi connectivity index (χ0) is 20.6. The molecule has 0 aliphatic carbocycles. The summed E-state index contributed by atoms with van der Waals surface area (Å²) in [7, 11) is 0. The van der Waals surface area contributed by atoms with Crippen molar-refractivity contribution >= 4 is 0 Å². The van der Waals surface area contributed by atoms with Crippen LogP contribution in [0.5, 0.6) is 0 Å². The molecule has 29 heavy (non-hydrogen) atoms. The Hall–Kier alpha value is -1.44. The van der Waals surface area contributed by atoms with Gasteiger partial charge in [-0.15, -0.1) is 0 Å². The molecule has 0 saturated carbocycles. The summed E-state index contributed by atoms with van der Waals surface area (Å²) in [4.78, 5) is 5.14. The number of hydrogen-bond donors (Lipinski definition) is 0. The molecule has 1 atom stereocenters. The van der Waals surface area contributed by atoms with Gasteiger partial charge in [0.25, 0.3) is 0 Å². The second kappa shape index (κ2) is 15.4. The van der Waals surface area contributed by atoms with Gasteiger partial charge >= 0.3 is 0 Å². The van der Waals surface area contributed by atoms with Gasteiger partial charge in [0.1, 0.15) is 6.17 Å². The van der Waals surface area contributed by atoms with Crippen molar-refractivity contribution in [2.45, 2.75) is 116 Å². The lowest BCUT2D eigenvalue weighted by atomic mass is 10.0. The molecule has 0 N–H and O–H groups in total. The van der Waals surface area contributed by atoms with Crippen LogP contribution in [-0.4, -0.2) is 22.5 Å². The fourth-order valence-electron chi connectivity index (χ4n) is 4.40. The van der Waals surface area contributed by atoms with Crippen molar-refractivity contribution in [1.29, 1.82) is 0 Å². The van der Waals surface area contributed by atoms with Crippen LogP contribution >= 0.6 is 0 Å². The highest BCUT2D eigenvalue weighted by atomic mass is 15.4. The molecule has 164 valence electrons. The van der Waals surface area contributed by atoms with Gasteiger partial charge < -0.3 is 9.80 Å². The first-order valence-electron chi connectivity index (χ1n) is 12.6. The Bertz CT molecular complexity index is 525. The van der Waals surface area contributed by atoms with E-state index in [4.69, 9.17) is 0 Å². The first-order valence-corrected chi connectivity index (χ1v) is 12.6. The van der Waals surface area contributed by atoms with E-state index in [1.807, 2.05) is 0 Å². The summed E-state index contributed by atoms with van der Waals surface area (Å²) in [5, 5.41) is 0. The summed E-state index contributed by atoms with van der Waals surface area (Å²) < 4.78 is 0. The van der Waals surface area contributed by atoms with E-state index < -0.39 is 0 Å². The Balaban J connectivity index is 1.63. The quantitative estimate of drug-likeness (QED) is 0.244. The third-order valence-corrected chi connectivity index (χ3v) is 6.26. The predicted molar refractivity (Wildman–Crippen MR) is 128 cm³/mol. The summed E-state index contributed by atoms with van der Waals surface area (Å²) in [5.41, 5.74) is 1.42. The van der Waals surface area contributed by atoms with Crippen LogP contribution in [0.1, 0.15) is 109 Å². The number of unbranched alkanes of at least 4 members (excludes halogenated alkanes) is 11. The van der Waals surface area contributed by atoms with Crippen LogP contribution in [0.2, 0.25) is 0 Å². The van der Waals surface area contributed by atoms with Gasteiger partial charge in [-0.05, 0) is 24.8 Å². The third kappa shape index (κ3) is 9.74. The van der Waals surface area contributed by atoms with Crippen molar-refractivity contribution < 1.29 is 0 Å². The first-order chi connectivity index (χ1) is 14.3. The standard InChI is InChI=1S/C27H46N2/c1-3-5-7-8-9-10-11-12-13-14-18-21-27-28(22-6-4-2)23-24-29(27)25-26-19-16-15-17-20-26/h15-17,19-20,23-24,27H,3-14,18,21-22,25H2,1-2H3. The largest absolute Gasteiger partial charge is 0.356 e. The van der Waals surface area contributed by atoms with Crippen LogP contribution in [0.15, 0.2) is 42.7 Å².